The Labute approximate surface area is 198 Å². The maximum Gasteiger partial charge on any atom is 0.322 e. The number of carbonyl (C=O) groups excluding carboxylic acids is 2. The molecule has 0 spiro atoms. The van der Waals surface area contributed by atoms with E-state index in [0.717, 1.165) is 18.4 Å². The summed E-state index contributed by atoms with van der Waals surface area (Å²) >= 11 is 7.35. The molecule has 9 nitrogen and oxygen atoms in total. The third kappa shape index (κ3) is 4.44. The molecule has 5 rings (SSSR count). The molecule has 11 heteroatoms. The molecular formula is C22H20ClN5O4S. The van der Waals surface area contributed by atoms with Crippen LogP contribution < -0.4 is 20.1 Å². The number of aromatic nitrogens is 2. The molecule has 3 amide bonds. The Balaban J connectivity index is 1.26. The summed E-state index contributed by atoms with van der Waals surface area (Å²) in [6.07, 6.45) is 1.59. The number of amides is 3. The predicted molar refractivity (Wildman–Crippen MR) is 124 cm³/mol. The van der Waals surface area contributed by atoms with Gasteiger partial charge in [-0.2, -0.15) is 0 Å². The second-order valence-electron chi connectivity index (χ2n) is 7.71. The molecule has 0 radical (unpaired) electrons. The number of urea groups is 1. The predicted octanol–water partition coefficient (Wildman–Crippen LogP) is 4.85. The molecule has 2 aliphatic rings. The number of carbonyl (C=O) groups is 2. The number of nitrogens with zero attached hydrogens (tertiary/aromatic N) is 3. The molecule has 1 saturated heterocycles. The van der Waals surface area contributed by atoms with E-state index in [2.05, 4.69) is 20.8 Å². The number of nitrogens with one attached hydrogen (secondary N) is 2. The van der Waals surface area contributed by atoms with E-state index >= 15 is 0 Å². The lowest BCUT2D eigenvalue weighted by Crippen LogP contribution is -2.34. The fourth-order valence-electron chi connectivity index (χ4n) is 3.75. The van der Waals surface area contributed by atoms with Gasteiger partial charge in [-0.15, -0.1) is 10.2 Å². The third-order valence-electron chi connectivity index (χ3n) is 5.49. The molecule has 1 aromatic heterocycles. The number of fused-ring (bicyclic) bond motifs is 1. The van der Waals surface area contributed by atoms with Crippen LogP contribution in [0.1, 0.15) is 39.3 Å². The van der Waals surface area contributed by atoms with E-state index in [-0.39, 0.29) is 29.8 Å². The van der Waals surface area contributed by atoms with Crippen LogP contribution in [0.3, 0.4) is 0 Å². The zero-order valence-corrected chi connectivity index (χ0v) is 19.2. The maximum absolute atomic E-state index is 12.9. The smallest absolute Gasteiger partial charge is 0.322 e. The molecule has 3 aromatic rings. The highest BCUT2D eigenvalue weighted by Crippen LogP contribution is 2.36. The molecule has 1 atom stereocenters. The Bertz CT molecular complexity index is 1230. The normalized spacial score (nSPS) is 16.7. The number of anilines is 2. The van der Waals surface area contributed by atoms with Gasteiger partial charge in [-0.05, 0) is 49.6 Å². The number of benzene rings is 2. The number of halogens is 1. The number of hydrogen-bond acceptors (Lipinski definition) is 7. The van der Waals surface area contributed by atoms with Crippen molar-refractivity contribution >= 4 is 46.3 Å². The molecule has 1 fully saturated rings. The Morgan fingerprint density at radius 2 is 1.88 bits per heavy atom. The highest BCUT2D eigenvalue weighted by atomic mass is 35.5. The second-order valence-corrected chi connectivity index (χ2v) is 9.13. The van der Waals surface area contributed by atoms with Crippen LogP contribution in [0.25, 0.3) is 0 Å². The van der Waals surface area contributed by atoms with E-state index in [4.69, 9.17) is 21.1 Å². The van der Waals surface area contributed by atoms with Crippen LogP contribution in [-0.2, 0) is 0 Å². The van der Waals surface area contributed by atoms with E-state index in [9.17, 15) is 9.59 Å². The molecule has 0 saturated carbocycles. The first-order valence-electron chi connectivity index (χ1n) is 10.4. The number of ether oxygens (including phenoxy) is 2. The van der Waals surface area contributed by atoms with Crippen molar-refractivity contribution in [2.75, 3.05) is 24.0 Å². The summed E-state index contributed by atoms with van der Waals surface area (Å²) in [7, 11) is 0. The quantitative estimate of drug-likeness (QED) is 0.547. The molecular weight excluding hydrogens is 466 g/mol. The minimum atomic E-state index is -0.374. The highest BCUT2D eigenvalue weighted by molar-refractivity contribution is 7.13. The molecule has 0 aliphatic carbocycles. The van der Waals surface area contributed by atoms with Gasteiger partial charge in [0, 0.05) is 29.0 Å². The van der Waals surface area contributed by atoms with Crippen molar-refractivity contribution in [1.29, 1.82) is 0 Å². The Hall–Kier alpha value is -3.37. The SMILES string of the molecule is Cc1ccc(NC(=O)N2CCCC2c2nnc(C(=O)Nc3ccc4c(c3)OCO4)s2)cc1Cl. The van der Waals surface area contributed by atoms with Crippen molar-refractivity contribution in [3.63, 3.8) is 0 Å². The molecule has 1 unspecified atom stereocenters. The largest absolute Gasteiger partial charge is 0.454 e. The van der Waals surface area contributed by atoms with E-state index in [1.807, 2.05) is 19.1 Å². The van der Waals surface area contributed by atoms with Crippen LogP contribution in [0, 0.1) is 6.92 Å². The summed E-state index contributed by atoms with van der Waals surface area (Å²) in [5.74, 6) is 0.841. The van der Waals surface area contributed by atoms with Gasteiger partial charge >= 0.3 is 6.03 Å². The average Bonchev–Trinajstić information content (AvgIpc) is 3.55. The fraction of sp³-hybridized carbons (Fsp3) is 0.273. The van der Waals surface area contributed by atoms with E-state index in [0.29, 0.717) is 39.4 Å². The maximum atomic E-state index is 12.9. The van der Waals surface area contributed by atoms with Crippen LogP contribution in [0.2, 0.25) is 5.02 Å². The van der Waals surface area contributed by atoms with Crippen LogP contribution in [0.4, 0.5) is 16.2 Å². The van der Waals surface area contributed by atoms with Crippen molar-refractivity contribution in [3.05, 3.63) is 57.0 Å². The summed E-state index contributed by atoms with van der Waals surface area (Å²) in [4.78, 5) is 27.3. The summed E-state index contributed by atoms with van der Waals surface area (Å²) in [6, 6.07) is 10.1. The minimum absolute atomic E-state index is 0.162. The van der Waals surface area contributed by atoms with Gasteiger partial charge in [-0.25, -0.2) is 4.79 Å². The molecule has 2 aliphatic heterocycles. The van der Waals surface area contributed by atoms with Crippen LogP contribution >= 0.6 is 22.9 Å². The third-order valence-corrected chi connectivity index (χ3v) is 6.92. The Morgan fingerprint density at radius 3 is 2.73 bits per heavy atom. The van der Waals surface area contributed by atoms with Gasteiger partial charge in [-0.3, -0.25) is 4.79 Å². The second kappa shape index (κ2) is 8.87. The fourth-order valence-corrected chi connectivity index (χ4v) is 4.82. The molecule has 33 heavy (non-hydrogen) atoms. The monoisotopic (exact) mass is 485 g/mol. The highest BCUT2D eigenvalue weighted by Gasteiger charge is 2.33. The minimum Gasteiger partial charge on any atom is -0.454 e. The zero-order valence-electron chi connectivity index (χ0n) is 17.6. The summed E-state index contributed by atoms with van der Waals surface area (Å²) in [5.41, 5.74) is 2.14. The van der Waals surface area contributed by atoms with Gasteiger partial charge in [0.1, 0.15) is 5.01 Å². The van der Waals surface area contributed by atoms with Crippen LogP contribution in [0.5, 0.6) is 11.5 Å². The van der Waals surface area contributed by atoms with Crippen molar-refractivity contribution in [2.24, 2.45) is 0 Å². The molecule has 170 valence electrons. The lowest BCUT2D eigenvalue weighted by atomic mass is 10.2. The summed E-state index contributed by atoms with van der Waals surface area (Å²) in [5, 5.41) is 15.4. The van der Waals surface area contributed by atoms with E-state index in [1.54, 1.807) is 29.2 Å². The number of hydrogen-bond donors (Lipinski definition) is 2. The molecule has 0 bridgehead atoms. The van der Waals surface area contributed by atoms with E-state index in [1.165, 1.54) is 11.3 Å². The number of aryl methyl sites for hydroxylation is 1. The van der Waals surface area contributed by atoms with Gasteiger partial charge in [0.2, 0.25) is 11.8 Å². The van der Waals surface area contributed by atoms with Crippen molar-refractivity contribution in [3.8, 4) is 11.5 Å². The van der Waals surface area contributed by atoms with Gasteiger partial charge in [0.15, 0.2) is 11.5 Å². The number of likely N-dealkylation sites (tertiary alicyclic amines) is 1. The first-order chi connectivity index (χ1) is 16.0. The van der Waals surface area contributed by atoms with Gasteiger partial charge in [0.25, 0.3) is 5.91 Å². The number of rotatable bonds is 4. The van der Waals surface area contributed by atoms with Gasteiger partial charge in [0.05, 0.1) is 6.04 Å². The first-order valence-corrected chi connectivity index (χ1v) is 11.6. The summed E-state index contributed by atoms with van der Waals surface area (Å²) in [6.45, 7) is 2.66. The van der Waals surface area contributed by atoms with Crippen LogP contribution in [0.15, 0.2) is 36.4 Å². The first kappa shape index (κ1) is 21.5. The molecule has 2 aromatic carbocycles. The topological polar surface area (TPSA) is 106 Å². The summed E-state index contributed by atoms with van der Waals surface area (Å²) < 4.78 is 10.6. The average molecular weight is 486 g/mol. The zero-order chi connectivity index (χ0) is 22.9. The van der Waals surface area contributed by atoms with Gasteiger partial charge < -0.3 is 25.0 Å². The Morgan fingerprint density at radius 1 is 1.09 bits per heavy atom. The molecule has 2 N–H and O–H groups in total. The van der Waals surface area contributed by atoms with Crippen molar-refractivity contribution in [1.82, 2.24) is 15.1 Å². The lowest BCUT2D eigenvalue weighted by Gasteiger charge is -2.23. The van der Waals surface area contributed by atoms with Gasteiger partial charge in [-0.1, -0.05) is 29.0 Å². The van der Waals surface area contributed by atoms with Crippen molar-refractivity contribution < 1.29 is 19.1 Å². The Kier molecular flexibility index (Phi) is 5.77. The standard InChI is InChI=1S/C22H20ClN5O4S/c1-12-4-5-13(9-15(12)23)25-22(30)28-8-2-3-16(28)20-26-27-21(33-20)19(29)24-14-6-7-17-18(10-14)32-11-31-17/h4-7,9-10,16H,2-3,8,11H2,1H3,(H,24,29)(H,25,30). The molecule has 3 heterocycles. The van der Waals surface area contributed by atoms with Crippen molar-refractivity contribution in [2.45, 2.75) is 25.8 Å². The lowest BCUT2D eigenvalue weighted by molar-refractivity contribution is 0.102. The van der Waals surface area contributed by atoms with E-state index < -0.39 is 0 Å². The van der Waals surface area contributed by atoms with Crippen LogP contribution in [-0.4, -0.2) is 40.4 Å².